The van der Waals surface area contributed by atoms with Crippen LogP contribution in [-0.4, -0.2) is 40.3 Å². The summed E-state index contributed by atoms with van der Waals surface area (Å²) < 4.78 is 10.4. The third-order valence-electron chi connectivity index (χ3n) is 3.42. The molecular weight excluding hydrogens is 322 g/mol. The summed E-state index contributed by atoms with van der Waals surface area (Å²) in [5.41, 5.74) is 1.25. The fourth-order valence-corrected chi connectivity index (χ4v) is 2.26. The Morgan fingerprint density at radius 2 is 2.00 bits per heavy atom. The highest BCUT2D eigenvalue weighted by molar-refractivity contribution is 5.92. The van der Waals surface area contributed by atoms with Gasteiger partial charge in [-0.3, -0.25) is 14.9 Å². The minimum Gasteiger partial charge on any atom is -0.493 e. The summed E-state index contributed by atoms with van der Waals surface area (Å²) in [5, 5.41) is 9.62. The Morgan fingerprint density at radius 1 is 1.16 bits per heavy atom. The number of benzene rings is 1. The van der Waals surface area contributed by atoms with E-state index >= 15 is 0 Å². The molecule has 3 rings (SSSR count). The maximum atomic E-state index is 12.2. The molecule has 0 atom stereocenters. The molecule has 25 heavy (non-hydrogen) atoms. The molecule has 0 spiro atoms. The second-order valence-electron chi connectivity index (χ2n) is 5.12. The van der Waals surface area contributed by atoms with Crippen LogP contribution in [0.4, 0.5) is 5.69 Å². The fourth-order valence-electron chi connectivity index (χ4n) is 2.26. The Labute approximate surface area is 144 Å². The van der Waals surface area contributed by atoms with Gasteiger partial charge < -0.3 is 14.8 Å². The third-order valence-corrected chi connectivity index (χ3v) is 3.42. The van der Waals surface area contributed by atoms with E-state index in [9.17, 15) is 4.79 Å². The van der Waals surface area contributed by atoms with Crippen LogP contribution in [0.2, 0.25) is 0 Å². The van der Waals surface area contributed by atoms with E-state index < -0.39 is 0 Å². The molecule has 0 radical (unpaired) electrons. The van der Waals surface area contributed by atoms with E-state index in [1.165, 1.54) is 7.11 Å². The lowest BCUT2D eigenvalue weighted by atomic mass is 10.2. The first-order chi connectivity index (χ1) is 12.2. The molecule has 128 valence electrons. The molecule has 2 heterocycles. The molecule has 1 amide bonds. The fraction of sp³-hybridized carbons (Fsp3) is 0.176. The maximum absolute atomic E-state index is 12.2. The van der Waals surface area contributed by atoms with E-state index in [0.29, 0.717) is 34.5 Å². The van der Waals surface area contributed by atoms with Gasteiger partial charge in [0.2, 0.25) is 5.91 Å². The van der Waals surface area contributed by atoms with Gasteiger partial charge in [0.15, 0.2) is 17.3 Å². The molecule has 2 N–H and O–H groups in total. The highest BCUT2D eigenvalue weighted by Gasteiger charge is 2.12. The first-order valence-electron chi connectivity index (χ1n) is 7.54. The lowest BCUT2D eigenvalue weighted by molar-refractivity contribution is -0.115. The molecule has 8 heteroatoms. The number of hydrogen-bond acceptors (Lipinski definition) is 6. The second kappa shape index (κ2) is 7.43. The minimum absolute atomic E-state index is 0.0637. The number of methoxy groups -OCH3 is 2. The molecule has 2 aromatic heterocycles. The van der Waals surface area contributed by atoms with Crippen molar-refractivity contribution in [1.82, 2.24) is 20.2 Å². The molecule has 0 saturated heterocycles. The van der Waals surface area contributed by atoms with Crippen molar-refractivity contribution in [3.05, 3.63) is 48.4 Å². The van der Waals surface area contributed by atoms with Crippen molar-refractivity contribution in [2.24, 2.45) is 0 Å². The Kier molecular flexibility index (Phi) is 4.89. The van der Waals surface area contributed by atoms with Gasteiger partial charge in [0.1, 0.15) is 11.5 Å². The van der Waals surface area contributed by atoms with E-state index in [1.807, 2.05) is 12.1 Å². The smallest absolute Gasteiger partial charge is 0.232 e. The number of carbonyl (C=O) groups excluding carboxylic acids is 1. The number of H-pyrrole nitrogens is 1. The van der Waals surface area contributed by atoms with Crippen molar-refractivity contribution in [2.45, 2.75) is 6.42 Å². The zero-order valence-electron chi connectivity index (χ0n) is 13.8. The first-order valence-corrected chi connectivity index (χ1v) is 7.54. The van der Waals surface area contributed by atoms with Gasteiger partial charge in [-0.2, -0.15) is 5.10 Å². The molecule has 0 bridgehead atoms. The molecule has 0 aliphatic heterocycles. The van der Waals surface area contributed by atoms with Crippen molar-refractivity contribution in [3.8, 4) is 23.0 Å². The SMILES string of the molecule is COc1ccc(NC(=O)Cc2nc(-c3ccccn3)n[nH]2)cc1OC. The number of hydrogen-bond donors (Lipinski definition) is 2. The lowest BCUT2D eigenvalue weighted by Gasteiger charge is -2.10. The highest BCUT2D eigenvalue weighted by atomic mass is 16.5. The molecule has 0 aliphatic carbocycles. The van der Waals surface area contributed by atoms with Gasteiger partial charge in [-0.1, -0.05) is 6.07 Å². The Morgan fingerprint density at radius 3 is 2.72 bits per heavy atom. The third kappa shape index (κ3) is 3.92. The van der Waals surface area contributed by atoms with Crippen LogP contribution in [0.1, 0.15) is 5.82 Å². The monoisotopic (exact) mass is 339 g/mol. The number of rotatable bonds is 6. The number of amides is 1. The predicted octanol–water partition coefficient (Wildman–Crippen LogP) is 2.07. The van der Waals surface area contributed by atoms with Gasteiger partial charge in [0, 0.05) is 18.0 Å². The zero-order chi connectivity index (χ0) is 17.6. The predicted molar refractivity (Wildman–Crippen MR) is 91.5 cm³/mol. The first kappa shape index (κ1) is 16.4. The van der Waals surface area contributed by atoms with Crippen LogP contribution < -0.4 is 14.8 Å². The van der Waals surface area contributed by atoms with Crippen LogP contribution in [0.15, 0.2) is 42.6 Å². The standard InChI is InChI=1S/C17H17N5O3/c1-24-13-7-6-11(9-14(13)25-2)19-16(23)10-15-20-17(22-21-15)12-5-3-4-8-18-12/h3-9H,10H2,1-2H3,(H,19,23)(H,20,21,22). The molecule has 0 unspecified atom stereocenters. The van der Waals surface area contributed by atoms with Crippen LogP contribution in [-0.2, 0) is 11.2 Å². The second-order valence-corrected chi connectivity index (χ2v) is 5.12. The van der Waals surface area contributed by atoms with Crippen molar-refractivity contribution in [1.29, 1.82) is 0 Å². The number of pyridine rings is 1. The molecule has 0 fully saturated rings. The van der Waals surface area contributed by atoms with E-state index in [2.05, 4.69) is 25.5 Å². The van der Waals surface area contributed by atoms with Gasteiger partial charge >= 0.3 is 0 Å². The number of carbonyl (C=O) groups is 1. The van der Waals surface area contributed by atoms with Crippen LogP contribution in [0, 0.1) is 0 Å². The molecule has 0 aliphatic rings. The van der Waals surface area contributed by atoms with Crippen molar-refractivity contribution >= 4 is 11.6 Å². The summed E-state index contributed by atoms with van der Waals surface area (Å²) in [6.07, 6.45) is 1.73. The summed E-state index contributed by atoms with van der Waals surface area (Å²) in [5.74, 6) is 1.82. The summed E-state index contributed by atoms with van der Waals surface area (Å²) in [6.45, 7) is 0. The molecule has 8 nitrogen and oxygen atoms in total. The van der Waals surface area contributed by atoms with E-state index in [4.69, 9.17) is 9.47 Å². The summed E-state index contributed by atoms with van der Waals surface area (Å²) in [7, 11) is 3.09. The highest BCUT2D eigenvalue weighted by Crippen LogP contribution is 2.29. The molecule has 3 aromatic rings. The van der Waals surface area contributed by atoms with Gasteiger partial charge in [-0.15, -0.1) is 0 Å². The summed E-state index contributed by atoms with van der Waals surface area (Å²) in [4.78, 5) is 20.7. The van der Waals surface area contributed by atoms with Crippen LogP contribution in [0.25, 0.3) is 11.5 Å². The van der Waals surface area contributed by atoms with Gasteiger partial charge in [0.25, 0.3) is 0 Å². The van der Waals surface area contributed by atoms with E-state index in [-0.39, 0.29) is 12.3 Å². The van der Waals surface area contributed by atoms with Crippen LogP contribution >= 0.6 is 0 Å². The van der Waals surface area contributed by atoms with Gasteiger partial charge in [-0.05, 0) is 24.3 Å². The minimum atomic E-state index is -0.226. The number of aromatic nitrogens is 4. The van der Waals surface area contributed by atoms with Crippen LogP contribution in [0.3, 0.4) is 0 Å². The average Bonchev–Trinajstić information content (AvgIpc) is 3.10. The average molecular weight is 339 g/mol. The number of anilines is 1. The normalized spacial score (nSPS) is 10.3. The Balaban J connectivity index is 1.66. The topological polar surface area (TPSA) is 102 Å². The molecule has 1 aromatic carbocycles. The maximum Gasteiger partial charge on any atom is 0.232 e. The number of aromatic amines is 1. The van der Waals surface area contributed by atoms with Gasteiger partial charge in [-0.25, -0.2) is 4.98 Å². The van der Waals surface area contributed by atoms with Crippen molar-refractivity contribution in [3.63, 3.8) is 0 Å². The summed E-state index contributed by atoms with van der Waals surface area (Å²) >= 11 is 0. The van der Waals surface area contributed by atoms with Gasteiger partial charge in [0.05, 0.1) is 20.6 Å². The van der Waals surface area contributed by atoms with Crippen LogP contribution in [0.5, 0.6) is 11.5 Å². The number of nitrogens with one attached hydrogen (secondary N) is 2. The van der Waals surface area contributed by atoms with Crippen molar-refractivity contribution < 1.29 is 14.3 Å². The molecule has 0 saturated carbocycles. The quantitative estimate of drug-likeness (QED) is 0.713. The number of ether oxygens (including phenoxy) is 2. The Bertz CT molecular complexity index is 864. The van der Waals surface area contributed by atoms with E-state index in [0.717, 1.165) is 0 Å². The molecular formula is C17H17N5O3. The Hall–Kier alpha value is -3.42. The largest absolute Gasteiger partial charge is 0.493 e. The zero-order valence-corrected chi connectivity index (χ0v) is 13.8. The lowest BCUT2D eigenvalue weighted by Crippen LogP contribution is -2.15. The van der Waals surface area contributed by atoms with Crippen molar-refractivity contribution in [2.75, 3.05) is 19.5 Å². The summed E-state index contributed by atoms with van der Waals surface area (Å²) in [6, 6.07) is 10.6. The van der Waals surface area contributed by atoms with E-state index in [1.54, 1.807) is 37.6 Å². The number of nitrogens with zero attached hydrogens (tertiary/aromatic N) is 3.